The lowest BCUT2D eigenvalue weighted by atomic mass is 10.1. The highest BCUT2D eigenvalue weighted by Gasteiger charge is 2.10. The predicted molar refractivity (Wildman–Crippen MR) is 103 cm³/mol. The van der Waals surface area contributed by atoms with Gasteiger partial charge < -0.3 is 5.73 Å². The number of hydrogen-bond donors (Lipinski definition) is 1. The van der Waals surface area contributed by atoms with Crippen LogP contribution in [0.4, 0.5) is 5.69 Å². The van der Waals surface area contributed by atoms with Crippen molar-refractivity contribution in [1.29, 1.82) is 0 Å². The van der Waals surface area contributed by atoms with Crippen LogP contribution in [0.25, 0.3) is 22.2 Å². The Hall–Kier alpha value is -2.03. The molecule has 0 aliphatic carbocycles. The number of nitrogens with two attached hydrogens (primary N) is 1. The molecule has 0 aliphatic rings. The van der Waals surface area contributed by atoms with Crippen molar-refractivity contribution in [3.63, 3.8) is 0 Å². The summed E-state index contributed by atoms with van der Waals surface area (Å²) in [6.07, 6.45) is 2.95. The Morgan fingerprint density at radius 3 is 2.84 bits per heavy atom. The van der Waals surface area contributed by atoms with Gasteiger partial charge in [-0.3, -0.25) is 9.88 Å². The summed E-state index contributed by atoms with van der Waals surface area (Å²) in [6.45, 7) is 1.11. The standard InChI is InChI=1S/C17H20N4O2S2/c1-21(7-8-25(2,22)23)10-17-20-16(11-24-17)12-3-4-15-13(9-12)14(18)5-6-19-15/h3-6,9,11H,7-8,10H2,1-2H3,(H2,18,19). The third-order valence-corrected chi connectivity index (χ3v) is 5.63. The topological polar surface area (TPSA) is 89.2 Å². The van der Waals surface area contributed by atoms with Crippen LogP contribution in [0.15, 0.2) is 35.8 Å². The maximum atomic E-state index is 11.3. The molecule has 6 nitrogen and oxygen atoms in total. The third kappa shape index (κ3) is 4.53. The SMILES string of the molecule is CN(CCS(C)(=O)=O)Cc1nc(-c2ccc3nccc(N)c3c2)cs1. The van der Waals surface area contributed by atoms with Crippen LogP contribution in [0, 0.1) is 0 Å². The van der Waals surface area contributed by atoms with E-state index < -0.39 is 9.84 Å². The number of fused-ring (bicyclic) bond motifs is 1. The second-order valence-electron chi connectivity index (χ2n) is 6.13. The van der Waals surface area contributed by atoms with Crippen LogP contribution in [-0.2, 0) is 16.4 Å². The van der Waals surface area contributed by atoms with Crippen LogP contribution in [-0.4, -0.2) is 48.9 Å². The summed E-state index contributed by atoms with van der Waals surface area (Å²) >= 11 is 1.57. The van der Waals surface area contributed by atoms with Gasteiger partial charge in [0.2, 0.25) is 0 Å². The summed E-state index contributed by atoms with van der Waals surface area (Å²) in [7, 11) is -1.05. The van der Waals surface area contributed by atoms with Gasteiger partial charge in [0.1, 0.15) is 14.8 Å². The van der Waals surface area contributed by atoms with E-state index in [-0.39, 0.29) is 5.75 Å². The van der Waals surface area contributed by atoms with E-state index in [1.807, 2.05) is 35.5 Å². The van der Waals surface area contributed by atoms with Gasteiger partial charge in [-0.05, 0) is 25.2 Å². The largest absolute Gasteiger partial charge is 0.398 e. The number of hydrogen-bond acceptors (Lipinski definition) is 7. The van der Waals surface area contributed by atoms with Crippen molar-refractivity contribution < 1.29 is 8.42 Å². The van der Waals surface area contributed by atoms with Crippen LogP contribution in [0.2, 0.25) is 0 Å². The van der Waals surface area contributed by atoms with Crippen LogP contribution >= 0.6 is 11.3 Å². The minimum Gasteiger partial charge on any atom is -0.398 e. The molecule has 2 heterocycles. The molecule has 0 bridgehead atoms. The molecule has 0 atom stereocenters. The number of sulfone groups is 1. The first-order valence-corrected chi connectivity index (χ1v) is 10.7. The van der Waals surface area contributed by atoms with Gasteiger partial charge in [-0.1, -0.05) is 6.07 Å². The molecule has 0 saturated carbocycles. The van der Waals surface area contributed by atoms with Crippen molar-refractivity contribution in [3.05, 3.63) is 40.8 Å². The zero-order valence-electron chi connectivity index (χ0n) is 14.1. The quantitative estimate of drug-likeness (QED) is 0.711. The predicted octanol–water partition coefficient (Wildman–Crippen LogP) is 2.42. The number of rotatable bonds is 6. The van der Waals surface area contributed by atoms with E-state index in [2.05, 4.69) is 9.97 Å². The van der Waals surface area contributed by atoms with E-state index in [9.17, 15) is 8.42 Å². The highest BCUT2D eigenvalue weighted by atomic mass is 32.2. The van der Waals surface area contributed by atoms with Gasteiger partial charge in [0, 0.05) is 41.0 Å². The maximum absolute atomic E-state index is 11.3. The van der Waals surface area contributed by atoms with Gasteiger partial charge in [-0.25, -0.2) is 13.4 Å². The Morgan fingerprint density at radius 2 is 2.08 bits per heavy atom. The summed E-state index contributed by atoms with van der Waals surface area (Å²) in [5.74, 6) is 0.151. The summed E-state index contributed by atoms with van der Waals surface area (Å²) in [5, 5.41) is 3.87. The highest BCUT2D eigenvalue weighted by molar-refractivity contribution is 7.90. The summed E-state index contributed by atoms with van der Waals surface area (Å²) in [4.78, 5) is 10.9. The highest BCUT2D eigenvalue weighted by Crippen LogP contribution is 2.27. The van der Waals surface area contributed by atoms with E-state index in [1.54, 1.807) is 23.6 Å². The second-order valence-corrected chi connectivity index (χ2v) is 9.33. The van der Waals surface area contributed by atoms with Crippen molar-refractivity contribution in [1.82, 2.24) is 14.9 Å². The van der Waals surface area contributed by atoms with Crippen LogP contribution in [0.5, 0.6) is 0 Å². The molecule has 0 unspecified atom stereocenters. The lowest BCUT2D eigenvalue weighted by Crippen LogP contribution is -2.24. The fourth-order valence-electron chi connectivity index (χ4n) is 2.47. The fourth-order valence-corrected chi connectivity index (χ4v) is 4.00. The number of aromatic nitrogens is 2. The monoisotopic (exact) mass is 376 g/mol. The maximum Gasteiger partial charge on any atom is 0.148 e. The molecule has 2 aromatic heterocycles. The first-order chi connectivity index (χ1) is 11.8. The average molecular weight is 377 g/mol. The normalized spacial score (nSPS) is 12.1. The van der Waals surface area contributed by atoms with E-state index >= 15 is 0 Å². The van der Waals surface area contributed by atoms with Crippen LogP contribution < -0.4 is 5.73 Å². The Bertz CT molecular complexity index is 999. The zero-order valence-corrected chi connectivity index (χ0v) is 15.8. The number of benzene rings is 1. The van der Waals surface area contributed by atoms with Crippen molar-refractivity contribution in [2.24, 2.45) is 0 Å². The average Bonchev–Trinajstić information content (AvgIpc) is 3.01. The molecule has 8 heteroatoms. The van der Waals surface area contributed by atoms with E-state index in [0.717, 1.165) is 27.2 Å². The Morgan fingerprint density at radius 1 is 1.28 bits per heavy atom. The zero-order chi connectivity index (χ0) is 18.0. The molecule has 0 aliphatic heterocycles. The molecule has 1 aromatic carbocycles. The molecule has 0 fully saturated rings. The van der Waals surface area contributed by atoms with Crippen molar-refractivity contribution in [3.8, 4) is 11.3 Å². The molecule has 25 heavy (non-hydrogen) atoms. The fraction of sp³-hybridized carbons (Fsp3) is 0.294. The first-order valence-electron chi connectivity index (χ1n) is 7.77. The van der Waals surface area contributed by atoms with Crippen molar-refractivity contribution in [2.75, 3.05) is 31.3 Å². The van der Waals surface area contributed by atoms with Crippen LogP contribution in [0.1, 0.15) is 5.01 Å². The van der Waals surface area contributed by atoms with Gasteiger partial charge >= 0.3 is 0 Å². The number of nitrogen functional groups attached to an aromatic ring is 1. The van der Waals surface area contributed by atoms with Gasteiger partial charge in [-0.2, -0.15) is 0 Å². The second kappa shape index (κ2) is 7.07. The molecule has 3 rings (SSSR count). The number of nitrogens with zero attached hydrogens (tertiary/aromatic N) is 3. The van der Waals surface area contributed by atoms with Crippen LogP contribution in [0.3, 0.4) is 0 Å². The molecule has 0 spiro atoms. The summed E-state index contributed by atoms with van der Waals surface area (Å²) in [5.41, 5.74) is 9.47. The summed E-state index contributed by atoms with van der Waals surface area (Å²) in [6, 6.07) is 7.72. The van der Waals surface area contributed by atoms with Crippen molar-refractivity contribution >= 4 is 37.8 Å². The molecule has 0 radical (unpaired) electrons. The first kappa shape index (κ1) is 17.8. The Labute approximate surface area is 151 Å². The smallest absolute Gasteiger partial charge is 0.148 e. The molecular weight excluding hydrogens is 356 g/mol. The Balaban J connectivity index is 1.76. The molecule has 3 aromatic rings. The molecule has 132 valence electrons. The summed E-state index contributed by atoms with van der Waals surface area (Å²) < 4.78 is 22.5. The number of thiazole rings is 1. The molecular formula is C17H20N4O2S2. The van der Waals surface area contributed by atoms with E-state index in [0.29, 0.717) is 18.8 Å². The minimum absolute atomic E-state index is 0.151. The molecule has 0 saturated heterocycles. The lowest BCUT2D eigenvalue weighted by molar-refractivity contribution is 0.346. The lowest BCUT2D eigenvalue weighted by Gasteiger charge is -2.13. The van der Waals surface area contributed by atoms with Gasteiger partial charge in [0.15, 0.2) is 0 Å². The van der Waals surface area contributed by atoms with Gasteiger partial charge in [-0.15, -0.1) is 11.3 Å². The Kier molecular flexibility index (Phi) is 5.03. The minimum atomic E-state index is -2.95. The van der Waals surface area contributed by atoms with Gasteiger partial charge in [0.25, 0.3) is 0 Å². The van der Waals surface area contributed by atoms with Gasteiger partial charge in [0.05, 0.1) is 23.5 Å². The molecule has 0 amide bonds. The molecule has 2 N–H and O–H groups in total. The van der Waals surface area contributed by atoms with E-state index in [4.69, 9.17) is 5.73 Å². The van der Waals surface area contributed by atoms with E-state index in [1.165, 1.54) is 6.26 Å². The third-order valence-electron chi connectivity index (χ3n) is 3.87. The van der Waals surface area contributed by atoms with Crippen molar-refractivity contribution in [2.45, 2.75) is 6.54 Å². The number of anilines is 1. The number of pyridine rings is 1.